The molecule has 5 nitrogen and oxygen atoms in total. The van der Waals surface area contributed by atoms with Crippen LogP contribution < -0.4 is 10.1 Å². The van der Waals surface area contributed by atoms with Crippen molar-refractivity contribution in [2.75, 3.05) is 6.54 Å². The fraction of sp³-hybridized carbons (Fsp3) is 0.150. The van der Waals surface area contributed by atoms with Crippen LogP contribution in [0.5, 0.6) is 11.5 Å². The second-order valence-electron chi connectivity index (χ2n) is 6.02. The summed E-state index contributed by atoms with van der Waals surface area (Å²) in [6, 6.07) is 13.2. The Balaban J connectivity index is 1.85. The lowest BCUT2D eigenvalue weighted by molar-refractivity contribution is -0.132. The largest absolute Gasteiger partial charge is 0.478 e. The summed E-state index contributed by atoms with van der Waals surface area (Å²) in [7, 11) is 1.97. The summed E-state index contributed by atoms with van der Waals surface area (Å²) in [6.07, 6.45) is 1.98. The molecule has 134 valence electrons. The SMILES string of the molecule is C=C(CNCc1cc(Oc2ccc(Cl)cc2)c2ccn(C)c2c1)C(=O)O. The summed E-state index contributed by atoms with van der Waals surface area (Å²) in [5, 5.41) is 13.6. The van der Waals surface area contributed by atoms with Crippen molar-refractivity contribution in [3.05, 3.63) is 71.4 Å². The Kier molecular flexibility index (Phi) is 5.30. The van der Waals surface area contributed by atoms with Crippen LogP contribution in [0.1, 0.15) is 5.56 Å². The van der Waals surface area contributed by atoms with E-state index < -0.39 is 5.97 Å². The molecule has 3 rings (SSSR count). The number of hydrogen-bond acceptors (Lipinski definition) is 3. The summed E-state index contributed by atoms with van der Waals surface area (Å²) in [4.78, 5) is 10.8. The highest BCUT2D eigenvalue weighted by molar-refractivity contribution is 6.30. The number of ether oxygens (including phenoxy) is 1. The third-order valence-corrected chi connectivity index (χ3v) is 4.29. The Morgan fingerprint density at radius 2 is 2.00 bits per heavy atom. The fourth-order valence-electron chi connectivity index (χ4n) is 2.64. The quantitative estimate of drug-likeness (QED) is 0.607. The molecule has 0 aliphatic heterocycles. The number of carboxylic acid groups (broad SMARTS) is 1. The number of nitrogens with zero attached hydrogens (tertiary/aromatic N) is 1. The Morgan fingerprint density at radius 1 is 1.27 bits per heavy atom. The molecule has 0 fully saturated rings. The van der Waals surface area contributed by atoms with Gasteiger partial charge in [-0.1, -0.05) is 18.2 Å². The fourth-order valence-corrected chi connectivity index (χ4v) is 2.77. The lowest BCUT2D eigenvalue weighted by Crippen LogP contribution is -2.19. The smallest absolute Gasteiger partial charge is 0.332 e. The first kappa shape index (κ1) is 18.0. The summed E-state index contributed by atoms with van der Waals surface area (Å²) in [5.74, 6) is 0.436. The number of hydrogen-bond donors (Lipinski definition) is 2. The number of aromatic nitrogens is 1. The van der Waals surface area contributed by atoms with E-state index >= 15 is 0 Å². The molecule has 1 heterocycles. The van der Waals surface area contributed by atoms with Gasteiger partial charge in [0.05, 0.1) is 5.52 Å². The predicted octanol–water partition coefficient (Wildman–Crippen LogP) is 4.35. The number of carbonyl (C=O) groups is 1. The van der Waals surface area contributed by atoms with E-state index in [1.165, 1.54) is 0 Å². The maximum atomic E-state index is 10.8. The molecule has 0 unspecified atom stereocenters. The molecule has 2 aromatic carbocycles. The molecule has 0 aliphatic carbocycles. The van der Waals surface area contributed by atoms with Gasteiger partial charge in [-0.05, 0) is 48.0 Å². The number of nitrogens with one attached hydrogen (secondary N) is 1. The van der Waals surface area contributed by atoms with Crippen molar-refractivity contribution in [3.63, 3.8) is 0 Å². The van der Waals surface area contributed by atoms with Crippen molar-refractivity contribution >= 4 is 28.5 Å². The Bertz CT molecular complexity index is 961. The number of rotatable bonds is 7. The number of benzene rings is 2. The molecule has 6 heteroatoms. The van der Waals surface area contributed by atoms with E-state index in [9.17, 15) is 4.79 Å². The van der Waals surface area contributed by atoms with Gasteiger partial charge in [0.2, 0.25) is 0 Å². The molecule has 1 aromatic heterocycles. The number of halogens is 1. The molecule has 3 aromatic rings. The van der Waals surface area contributed by atoms with E-state index in [1.54, 1.807) is 12.1 Å². The molecular weight excluding hydrogens is 352 g/mol. The molecule has 26 heavy (non-hydrogen) atoms. The molecule has 0 amide bonds. The highest BCUT2D eigenvalue weighted by atomic mass is 35.5. The van der Waals surface area contributed by atoms with Crippen molar-refractivity contribution in [1.29, 1.82) is 0 Å². The number of aryl methyl sites for hydroxylation is 1. The Morgan fingerprint density at radius 3 is 2.69 bits per heavy atom. The standard InChI is InChI=1S/C20H19ClN2O3/c1-13(20(24)25)11-22-12-14-9-18-17(7-8-23(18)2)19(10-14)26-16-5-3-15(21)4-6-16/h3-10,22H,1,11-12H2,2H3,(H,24,25). The van der Waals surface area contributed by atoms with Crippen LogP contribution in [0, 0.1) is 0 Å². The Labute approximate surface area is 156 Å². The third-order valence-electron chi connectivity index (χ3n) is 4.04. The van der Waals surface area contributed by atoms with Crippen LogP contribution in [-0.2, 0) is 18.4 Å². The molecule has 0 atom stereocenters. The van der Waals surface area contributed by atoms with Crippen molar-refractivity contribution in [2.24, 2.45) is 7.05 Å². The maximum Gasteiger partial charge on any atom is 0.332 e. The third kappa shape index (κ3) is 4.07. The first-order valence-electron chi connectivity index (χ1n) is 8.07. The molecule has 0 saturated carbocycles. The molecule has 2 N–H and O–H groups in total. The zero-order valence-corrected chi connectivity index (χ0v) is 15.1. The average Bonchev–Trinajstić information content (AvgIpc) is 2.98. The maximum absolute atomic E-state index is 10.8. The van der Waals surface area contributed by atoms with E-state index in [2.05, 4.69) is 18.0 Å². The van der Waals surface area contributed by atoms with Gasteiger partial charge < -0.3 is 19.7 Å². The van der Waals surface area contributed by atoms with Crippen molar-refractivity contribution in [2.45, 2.75) is 6.54 Å². The summed E-state index contributed by atoms with van der Waals surface area (Å²) < 4.78 is 8.07. The van der Waals surface area contributed by atoms with Gasteiger partial charge in [0, 0.05) is 42.3 Å². The van der Waals surface area contributed by atoms with Crippen LogP contribution in [0.4, 0.5) is 0 Å². The van der Waals surface area contributed by atoms with Crippen LogP contribution in [-0.4, -0.2) is 22.2 Å². The molecular formula is C20H19ClN2O3. The van der Waals surface area contributed by atoms with Gasteiger partial charge in [-0.15, -0.1) is 0 Å². The lowest BCUT2D eigenvalue weighted by atomic mass is 10.1. The minimum absolute atomic E-state index is 0.127. The van der Waals surface area contributed by atoms with Gasteiger partial charge >= 0.3 is 5.97 Å². The van der Waals surface area contributed by atoms with Crippen LogP contribution in [0.15, 0.2) is 60.8 Å². The number of aliphatic carboxylic acids is 1. The van der Waals surface area contributed by atoms with Crippen LogP contribution in [0.25, 0.3) is 10.9 Å². The van der Waals surface area contributed by atoms with E-state index in [0.29, 0.717) is 17.3 Å². The van der Waals surface area contributed by atoms with Crippen LogP contribution in [0.3, 0.4) is 0 Å². The highest BCUT2D eigenvalue weighted by Crippen LogP contribution is 2.32. The average molecular weight is 371 g/mol. The van der Waals surface area contributed by atoms with Crippen molar-refractivity contribution < 1.29 is 14.6 Å². The second kappa shape index (κ2) is 7.64. The Hall–Kier alpha value is -2.76. The second-order valence-corrected chi connectivity index (χ2v) is 6.46. The zero-order valence-electron chi connectivity index (χ0n) is 14.3. The van der Waals surface area contributed by atoms with Gasteiger partial charge in [-0.2, -0.15) is 0 Å². The first-order valence-corrected chi connectivity index (χ1v) is 8.45. The van der Waals surface area contributed by atoms with Gasteiger partial charge in [0.15, 0.2) is 0 Å². The van der Waals surface area contributed by atoms with Gasteiger partial charge in [0.1, 0.15) is 11.5 Å². The van der Waals surface area contributed by atoms with E-state index in [0.717, 1.165) is 22.2 Å². The first-order chi connectivity index (χ1) is 12.4. The van der Waals surface area contributed by atoms with E-state index in [-0.39, 0.29) is 12.1 Å². The van der Waals surface area contributed by atoms with Crippen LogP contribution >= 0.6 is 11.6 Å². The summed E-state index contributed by atoms with van der Waals surface area (Å²) in [5.41, 5.74) is 2.15. The normalized spacial score (nSPS) is 10.8. The van der Waals surface area contributed by atoms with E-state index in [1.807, 2.05) is 42.1 Å². The molecule has 0 saturated heterocycles. The number of fused-ring (bicyclic) bond motifs is 1. The van der Waals surface area contributed by atoms with Gasteiger partial charge in [0.25, 0.3) is 0 Å². The van der Waals surface area contributed by atoms with Gasteiger partial charge in [-0.3, -0.25) is 0 Å². The molecule has 0 radical (unpaired) electrons. The summed E-state index contributed by atoms with van der Waals surface area (Å²) >= 11 is 5.93. The lowest BCUT2D eigenvalue weighted by Gasteiger charge is -2.12. The van der Waals surface area contributed by atoms with Gasteiger partial charge in [-0.25, -0.2) is 4.79 Å². The highest BCUT2D eigenvalue weighted by Gasteiger charge is 2.10. The predicted molar refractivity (Wildman–Crippen MR) is 103 cm³/mol. The van der Waals surface area contributed by atoms with Crippen molar-refractivity contribution in [3.8, 4) is 11.5 Å². The molecule has 0 spiro atoms. The zero-order chi connectivity index (χ0) is 18.7. The molecule has 0 bridgehead atoms. The minimum Gasteiger partial charge on any atom is -0.478 e. The molecule has 0 aliphatic rings. The van der Waals surface area contributed by atoms with E-state index in [4.69, 9.17) is 21.4 Å². The van der Waals surface area contributed by atoms with Crippen molar-refractivity contribution in [1.82, 2.24) is 9.88 Å². The van der Waals surface area contributed by atoms with Crippen LogP contribution in [0.2, 0.25) is 5.02 Å². The monoisotopic (exact) mass is 370 g/mol. The minimum atomic E-state index is -0.998. The summed E-state index contributed by atoms with van der Waals surface area (Å²) in [6.45, 7) is 4.24. The number of carboxylic acids is 1. The topological polar surface area (TPSA) is 63.5 Å².